The van der Waals surface area contributed by atoms with Crippen molar-refractivity contribution in [3.63, 3.8) is 0 Å². The highest BCUT2D eigenvalue weighted by Gasteiger charge is 2.24. The maximum absolute atomic E-state index is 12.4. The number of amides is 1. The van der Waals surface area contributed by atoms with Gasteiger partial charge in [-0.3, -0.25) is 4.79 Å². The third-order valence-electron chi connectivity index (χ3n) is 3.79. The minimum atomic E-state index is 0.0272. The summed E-state index contributed by atoms with van der Waals surface area (Å²) in [6.07, 6.45) is 1.95. The van der Waals surface area contributed by atoms with Crippen molar-refractivity contribution in [1.29, 1.82) is 0 Å². The number of carbonyl (C=O) groups is 1. The number of likely N-dealkylation sites (tertiary alicyclic amines) is 1. The van der Waals surface area contributed by atoms with Gasteiger partial charge in [-0.15, -0.1) is 0 Å². The maximum Gasteiger partial charge on any atom is 0.255 e. The van der Waals surface area contributed by atoms with E-state index in [-0.39, 0.29) is 5.91 Å². The molecule has 1 aromatic carbocycles. The molecule has 0 aromatic heterocycles. The molecule has 0 saturated carbocycles. The minimum Gasteiger partial charge on any atom is -0.382 e. The number of benzene rings is 1. The van der Waals surface area contributed by atoms with Gasteiger partial charge in [-0.2, -0.15) is 0 Å². The fourth-order valence-electron chi connectivity index (χ4n) is 2.50. The average Bonchev–Trinajstić information content (AvgIpc) is 2.52. The van der Waals surface area contributed by atoms with Crippen molar-refractivity contribution in [3.05, 3.63) is 34.9 Å². The van der Waals surface area contributed by atoms with Crippen molar-refractivity contribution in [2.24, 2.45) is 5.92 Å². The fourth-order valence-corrected chi connectivity index (χ4v) is 2.72. The molecule has 0 atom stereocenters. The minimum absolute atomic E-state index is 0.0272. The van der Waals surface area contributed by atoms with Crippen LogP contribution in [0.25, 0.3) is 0 Å². The first kappa shape index (κ1) is 16.3. The molecule has 0 radical (unpaired) electrons. The number of ether oxygens (including phenoxy) is 2. The van der Waals surface area contributed by atoms with Gasteiger partial charge in [-0.1, -0.05) is 23.7 Å². The molecule has 21 heavy (non-hydrogen) atoms. The monoisotopic (exact) mass is 311 g/mol. The highest BCUT2D eigenvalue weighted by molar-refractivity contribution is 6.33. The van der Waals surface area contributed by atoms with Crippen molar-refractivity contribution in [2.75, 3.05) is 40.0 Å². The zero-order valence-electron chi connectivity index (χ0n) is 12.4. The lowest BCUT2D eigenvalue weighted by Crippen LogP contribution is -2.39. The van der Waals surface area contributed by atoms with E-state index in [0.29, 0.717) is 29.7 Å². The molecule has 1 fully saturated rings. The van der Waals surface area contributed by atoms with Crippen molar-refractivity contribution in [2.45, 2.75) is 12.8 Å². The van der Waals surface area contributed by atoms with Gasteiger partial charge in [0.05, 0.1) is 23.8 Å². The Morgan fingerprint density at radius 2 is 2.00 bits per heavy atom. The lowest BCUT2D eigenvalue weighted by molar-refractivity contribution is 0.0327. The normalized spacial score (nSPS) is 16.2. The first-order valence-corrected chi connectivity index (χ1v) is 7.70. The first-order valence-electron chi connectivity index (χ1n) is 7.33. The molecule has 1 aliphatic rings. The Labute approximate surface area is 131 Å². The number of hydrogen-bond acceptors (Lipinski definition) is 3. The van der Waals surface area contributed by atoms with E-state index in [1.54, 1.807) is 19.2 Å². The maximum atomic E-state index is 12.4. The number of piperidine rings is 1. The molecule has 0 bridgehead atoms. The summed E-state index contributed by atoms with van der Waals surface area (Å²) < 4.78 is 10.5. The molecule has 5 heteroatoms. The number of rotatable bonds is 6. The summed E-state index contributed by atoms with van der Waals surface area (Å²) in [7, 11) is 1.67. The second-order valence-corrected chi connectivity index (χ2v) is 5.69. The fraction of sp³-hybridized carbons (Fsp3) is 0.562. The molecule has 0 aliphatic carbocycles. The number of carbonyl (C=O) groups excluding carboxylic acids is 1. The van der Waals surface area contributed by atoms with E-state index in [4.69, 9.17) is 21.1 Å². The summed E-state index contributed by atoms with van der Waals surface area (Å²) in [5, 5.41) is 0.521. The van der Waals surface area contributed by atoms with Gasteiger partial charge >= 0.3 is 0 Å². The van der Waals surface area contributed by atoms with Crippen LogP contribution in [-0.2, 0) is 9.47 Å². The van der Waals surface area contributed by atoms with Gasteiger partial charge in [-0.05, 0) is 30.9 Å². The SMILES string of the molecule is COCCOCC1CCN(C(=O)c2ccccc2Cl)CC1. The second kappa shape index (κ2) is 8.37. The van der Waals surface area contributed by atoms with E-state index in [1.165, 1.54) is 0 Å². The lowest BCUT2D eigenvalue weighted by atomic mass is 9.97. The van der Waals surface area contributed by atoms with Crippen molar-refractivity contribution in [3.8, 4) is 0 Å². The Bertz CT molecular complexity index is 459. The molecule has 1 saturated heterocycles. The molecule has 1 amide bonds. The molecule has 0 unspecified atom stereocenters. The van der Waals surface area contributed by atoms with Crippen LogP contribution in [0.1, 0.15) is 23.2 Å². The smallest absolute Gasteiger partial charge is 0.255 e. The van der Waals surface area contributed by atoms with Crippen LogP contribution in [0.5, 0.6) is 0 Å². The Kier molecular flexibility index (Phi) is 6.49. The Hall–Kier alpha value is -1.10. The third kappa shape index (κ3) is 4.70. The number of methoxy groups -OCH3 is 1. The van der Waals surface area contributed by atoms with Crippen LogP contribution < -0.4 is 0 Å². The number of halogens is 1. The summed E-state index contributed by atoms with van der Waals surface area (Å²) in [6.45, 7) is 3.54. The van der Waals surface area contributed by atoms with Gasteiger partial charge in [0.2, 0.25) is 0 Å². The van der Waals surface area contributed by atoms with Gasteiger partial charge in [0.1, 0.15) is 0 Å². The van der Waals surface area contributed by atoms with Crippen molar-refractivity contribution in [1.82, 2.24) is 4.90 Å². The van der Waals surface area contributed by atoms with Crippen LogP contribution in [0.15, 0.2) is 24.3 Å². The summed E-state index contributed by atoms with van der Waals surface area (Å²) in [5.41, 5.74) is 0.592. The van der Waals surface area contributed by atoms with Gasteiger partial charge in [0.15, 0.2) is 0 Å². The van der Waals surface area contributed by atoms with Crippen LogP contribution in [0.3, 0.4) is 0 Å². The largest absolute Gasteiger partial charge is 0.382 e. The molecule has 1 aromatic rings. The topological polar surface area (TPSA) is 38.8 Å². The van der Waals surface area contributed by atoms with Gasteiger partial charge in [-0.25, -0.2) is 0 Å². The average molecular weight is 312 g/mol. The molecular weight excluding hydrogens is 290 g/mol. The molecule has 2 rings (SSSR count). The molecular formula is C16H22ClNO3. The van der Waals surface area contributed by atoms with Gasteiger partial charge in [0.25, 0.3) is 5.91 Å². The predicted octanol–water partition coefficient (Wildman–Crippen LogP) is 2.86. The molecule has 4 nitrogen and oxygen atoms in total. The highest BCUT2D eigenvalue weighted by Crippen LogP contribution is 2.22. The van der Waals surface area contributed by atoms with Gasteiger partial charge < -0.3 is 14.4 Å². The van der Waals surface area contributed by atoms with Crippen LogP contribution in [0.2, 0.25) is 5.02 Å². The molecule has 1 heterocycles. The van der Waals surface area contributed by atoms with E-state index in [2.05, 4.69) is 0 Å². The number of hydrogen-bond donors (Lipinski definition) is 0. The first-order chi connectivity index (χ1) is 10.2. The van der Waals surface area contributed by atoms with E-state index in [9.17, 15) is 4.79 Å². The Balaban J connectivity index is 1.78. The standard InChI is InChI=1S/C16H22ClNO3/c1-20-10-11-21-12-13-6-8-18(9-7-13)16(19)14-4-2-3-5-15(14)17/h2-5,13H,6-12H2,1H3. The van der Waals surface area contributed by atoms with Crippen LogP contribution in [-0.4, -0.2) is 50.8 Å². The predicted molar refractivity (Wildman–Crippen MR) is 82.8 cm³/mol. The van der Waals surface area contributed by atoms with Crippen molar-refractivity contribution < 1.29 is 14.3 Å². The summed E-state index contributed by atoms with van der Waals surface area (Å²) in [5.74, 6) is 0.552. The Morgan fingerprint density at radius 3 is 2.67 bits per heavy atom. The third-order valence-corrected chi connectivity index (χ3v) is 4.12. The van der Waals surface area contributed by atoms with E-state index < -0.39 is 0 Å². The van der Waals surface area contributed by atoms with E-state index in [0.717, 1.165) is 32.5 Å². The molecule has 0 spiro atoms. The quantitative estimate of drug-likeness (QED) is 0.758. The van der Waals surface area contributed by atoms with Crippen LogP contribution in [0, 0.1) is 5.92 Å². The van der Waals surface area contributed by atoms with Crippen LogP contribution in [0.4, 0.5) is 0 Å². The summed E-state index contributed by atoms with van der Waals surface area (Å²) in [6, 6.07) is 7.22. The Morgan fingerprint density at radius 1 is 1.29 bits per heavy atom. The molecule has 116 valence electrons. The summed E-state index contributed by atoms with van der Waals surface area (Å²) >= 11 is 6.09. The summed E-state index contributed by atoms with van der Waals surface area (Å²) in [4.78, 5) is 14.3. The highest BCUT2D eigenvalue weighted by atomic mass is 35.5. The molecule has 0 N–H and O–H groups in total. The zero-order valence-corrected chi connectivity index (χ0v) is 13.1. The zero-order chi connectivity index (χ0) is 15.1. The van der Waals surface area contributed by atoms with E-state index in [1.807, 2.05) is 17.0 Å². The second-order valence-electron chi connectivity index (χ2n) is 5.28. The van der Waals surface area contributed by atoms with Crippen molar-refractivity contribution >= 4 is 17.5 Å². The number of nitrogens with zero attached hydrogens (tertiary/aromatic N) is 1. The van der Waals surface area contributed by atoms with E-state index >= 15 is 0 Å². The van der Waals surface area contributed by atoms with Gasteiger partial charge in [0, 0.05) is 26.8 Å². The lowest BCUT2D eigenvalue weighted by Gasteiger charge is -2.32. The molecule has 1 aliphatic heterocycles. The van der Waals surface area contributed by atoms with Crippen LogP contribution >= 0.6 is 11.6 Å².